The molecule has 0 amide bonds. The fraction of sp³-hybridized carbons (Fsp3) is 0.200. The highest BCUT2D eigenvalue weighted by Gasteiger charge is 1.94. The van der Waals surface area contributed by atoms with E-state index in [0.29, 0.717) is 17.9 Å². The number of carbonyl (C=O) groups is 2. The van der Waals surface area contributed by atoms with E-state index < -0.39 is 5.97 Å². The van der Waals surface area contributed by atoms with Gasteiger partial charge in [0.15, 0.2) is 0 Å². The molecule has 4 heteroatoms. The summed E-state index contributed by atoms with van der Waals surface area (Å²) in [6.07, 6.45) is 5.50. The van der Waals surface area contributed by atoms with Crippen LogP contribution in [0.15, 0.2) is 42.0 Å². The molecule has 0 aliphatic heterocycles. The highest BCUT2D eigenvalue weighted by atomic mass is 16.5. The minimum atomic E-state index is -0.394. The van der Waals surface area contributed by atoms with E-state index >= 15 is 0 Å². The van der Waals surface area contributed by atoms with Crippen molar-refractivity contribution in [3.8, 4) is 5.75 Å². The molecule has 19 heavy (non-hydrogen) atoms. The third-order valence-corrected chi connectivity index (χ3v) is 2.33. The zero-order valence-electron chi connectivity index (χ0n) is 11.0. The second-order valence-electron chi connectivity index (χ2n) is 3.80. The fourth-order valence-electron chi connectivity index (χ4n) is 1.22. The Kier molecular flexibility index (Phi) is 6.09. The quantitative estimate of drug-likeness (QED) is 0.448. The monoisotopic (exact) mass is 260 g/mol. The van der Waals surface area contributed by atoms with Gasteiger partial charge in [-0.25, -0.2) is 4.79 Å². The number of hydrogen-bond acceptors (Lipinski definition) is 4. The molecule has 0 N–H and O–H groups in total. The lowest BCUT2D eigenvalue weighted by molar-refractivity contribution is -0.134. The Balaban J connectivity index is 2.54. The van der Waals surface area contributed by atoms with Crippen molar-refractivity contribution < 1.29 is 19.1 Å². The Morgan fingerprint density at radius 3 is 2.53 bits per heavy atom. The topological polar surface area (TPSA) is 52.6 Å². The lowest BCUT2D eigenvalue weighted by atomic mass is 10.2. The summed E-state index contributed by atoms with van der Waals surface area (Å²) in [5.74, 6) is 0.306. The maximum absolute atomic E-state index is 10.9. The third-order valence-electron chi connectivity index (χ3n) is 2.33. The van der Waals surface area contributed by atoms with Crippen LogP contribution in [0.4, 0.5) is 0 Å². The molecule has 1 rings (SSSR count). The first kappa shape index (κ1) is 14.7. The van der Waals surface area contributed by atoms with Gasteiger partial charge in [0.25, 0.3) is 0 Å². The van der Waals surface area contributed by atoms with E-state index in [2.05, 4.69) is 4.74 Å². The summed E-state index contributed by atoms with van der Waals surface area (Å²) in [6.45, 7) is 2.07. The van der Waals surface area contributed by atoms with Gasteiger partial charge in [-0.2, -0.15) is 0 Å². The number of carbonyl (C=O) groups excluding carboxylic acids is 2. The Morgan fingerprint density at radius 1 is 1.26 bits per heavy atom. The first-order valence-electron chi connectivity index (χ1n) is 5.76. The predicted octanol–water partition coefficient (Wildman–Crippen LogP) is 2.40. The maximum atomic E-state index is 10.9. The van der Waals surface area contributed by atoms with Gasteiger partial charge in [-0.1, -0.05) is 12.1 Å². The van der Waals surface area contributed by atoms with Crippen LogP contribution in [-0.4, -0.2) is 26.0 Å². The van der Waals surface area contributed by atoms with Crippen LogP contribution in [0.2, 0.25) is 0 Å². The Morgan fingerprint density at radius 2 is 1.95 bits per heavy atom. The van der Waals surface area contributed by atoms with E-state index in [4.69, 9.17) is 4.74 Å². The Bertz CT molecular complexity index is 483. The van der Waals surface area contributed by atoms with Crippen LogP contribution in [0, 0.1) is 0 Å². The molecule has 1 aromatic rings. The van der Waals surface area contributed by atoms with Crippen molar-refractivity contribution >= 4 is 18.3 Å². The highest BCUT2D eigenvalue weighted by Crippen LogP contribution is 2.13. The molecule has 0 radical (unpaired) electrons. The van der Waals surface area contributed by atoms with Crippen LogP contribution in [0.5, 0.6) is 5.75 Å². The van der Waals surface area contributed by atoms with E-state index in [9.17, 15) is 9.59 Å². The van der Waals surface area contributed by atoms with Crippen molar-refractivity contribution in [3.63, 3.8) is 0 Å². The third kappa shape index (κ3) is 5.68. The van der Waals surface area contributed by atoms with Crippen molar-refractivity contribution in [1.82, 2.24) is 0 Å². The maximum Gasteiger partial charge on any atom is 0.330 e. The average molecular weight is 260 g/mol. The van der Waals surface area contributed by atoms with Crippen LogP contribution >= 0.6 is 0 Å². The van der Waals surface area contributed by atoms with E-state index in [0.717, 1.165) is 11.8 Å². The molecule has 0 unspecified atom stereocenters. The minimum Gasteiger partial charge on any atom is -0.490 e. The molecule has 1 aromatic carbocycles. The molecule has 0 aromatic heterocycles. The minimum absolute atomic E-state index is 0.349. The van der Waals surface area contributed by atoms with Gasteiger partial charge in [0.1, 0.15) is 18.6 Å². The molecule has 0 atom stereocenters. The van der Waals surface area contributed by atoms with Crippen LogP contribution in [0.1, 0.15) is 12.5 Å². The molecule has 0 aliphatic carbocycles. The summed E-state index contributed by atoms with van der Waals surface area (Å²) in [5.41, 5.74) is 1.51. The molecule has 100 valence electrons. The second kappa shape index (κ2) is 7.87. The predicted molar refractivity (Wildman–Crippen MR) is 72.8 cm³/mol. The number of aldehydes is 1. The summed E-state index contributed by atoms with van der Waals surface area (Å²) >= 11 is 0. The van der Waals surface area contributed by atoms with E-state index in [1.54, 1.807) is 31.2 Å². The molecule has 0 heterocycles. The molecule has 0 saturated carbocycles. The number of methoxy groups -OCH3 is 1. The summed E-state index contributed by atoms with van der Waals surface area (Å²) < 4.78 is 9.93. The molecule has 0 saturated heterocycles. The number of esters is 1. The van der Waals surface area contributed by atoms with Gasteiger partial charge in [-0.3, -0.25) is 4.79 Å². The van der Waals surface area contributed by atoms with Crippen molar-refractivity contribution in [2.75, 3.05) is 13.7 Å². The Labute approximate surface area is 112 Å². The van der Waals surface area contributed by atoms with Gasteiger partial charge in [-0.05, 0) is 42.3 Å². The number of ether oxygens (including phenoxy) is 2. The molecule has 0 spiro atoms. The second-order valence-corrected chi connectivity index (χ2v) is 3.80. The van der Waals surface area contributed by atoms with Crippen LogP contribution in [0.3, 0.4) is 0 Å². The summed E-state index contributed by atoms with van der Waals surface area (Å²) in [4.78, 5) is 21.3. The SMILES string of the molecule is COC(=O)/C=C/c1ccc(OC/C=C(\C)C=O)cc1. The lowest BCUT2D eigenvalue weighted by Gasteiger charge is -2.03. The van der Waals surface area contributed by atoms with Crippen LogP contribution in [-0.2, 0) is 14.3 Å². The molecule has 0 bridgehead atoms. The van der Waals surface area contributed by atoms with E-state index in [1.165, 1.54) is 13.2 Å². The van der Waals surface area contributed by atoms with E-state index in [-0.39, 0.29) is 0 Å². The first-order valence-corrected chi connectivity index (χ1v) is 5.76. The number of benzene rings is 1. The first-order chi connectivity index (χ1) is 9.15. The van der Waals surface area contributed by atoms with Gasteiger partial charge < -0.3 is 9.47 Å². The van der Waals surface area contributed by atoms with Crippen LogP contribution in [0.25, 0.3) is 6.08 Å². The van der Waals surface area contributed by atoms with Crippen molar-refractivity contribution in [2.24, 2.45) is 0 Å². The van der Waals surface area contributed by atoms with E-state index in [1.807, 2.05) is 12.1 Å². The number of hydrogen-bond donors (Lipinski definition) is 0. The molecule has 0 aliphatic rings. The summed E-state index contributed by atoms with van der Waals surface area (Å²) in [7, 11) is 1.33. The Hall–Kier alpha value is -2.36. The largest absolute Gasteiger partial charge is 0.490 e. The summed E-state index contributed by atoms with van der Waals surface area (Å²) in [5, 5.41) is 0. The van der Waals surface area contributed by atoms with Crippen molar-refractivity contribution in [3.05, 3.63) is 47.6 Å². The standard InChI is InChI=1S/C15H16O4/c1-12(11-16)9-10-19-14-6-3-13(4-7-14)5-8-15(17)18-2/h3-9,11H,10H2,1-2H3/b8-5+,12-9+. The highest BCUT2D eigenvalue weighted by molar-refractivity contribution is 5.86. The van der Waals surface area contributed by atoms with Gasteiger partial charge in [0.05, 0.1) is 7.11 Å². The normalized spacial score (nSPS) is 11.4. The van der Waals surface area contributed by atoms with Gasteiger partial charge >= 0.3 is 5.97 Å². The zero-order valence-corrected chi connectivity index (χ0v) is 11.0. The van der Waals surface area contributed by atoms with Crippen molar-refractivity contribution in [1.29, 1.82) is 0 Å². The number of rotatable bonds is 6. The fourth-order valence-corrected chi connectivity index (χ4v) is 1.22. The van der Waals surface area contributed by atoms with Crippen molar-refractivity contribution in [2.45, 2.75) is 6.92 Å². The zero-order chi connectivity index (χ0) is 14.1. The molecular weight excluding hydrogens is 244 g/mol. The smallest absolute Gasteiger partial charge is 0.330 e. The molecular formula is C15H16O4. The van der Waals surface area contributed by atoms with Gasteiger partial charge in [0.2, 0.25) is 0 Å². The van der Waals surface area contributed by atoms with Gasteiger partial charge in [-0.15, -0.1) is 0 Å². The summed E-state index contributed by atoms with van der Waals surface area (Å²) in [6, 6.07) is 7.23. The lowest BCUT2D eigenvalue weighted by Crippen LogP contribution is -1.95. The molecule has 4 nitrogen and oxygen atoms in total. The van der Waals surface area contributed by atoms with Gasteiger partial charge in [0, 0.05) is 6.08 Å². The van der Waals surface area contributed by atoms with Crippen LogP contribution < -0.4 is 4.74 Å². The molecule has 0 fully saturated rings. The number of allylic oxidation sites excluding steroid dienone is 1. The average Bonchev–Trinajstić information content (AvgIpc) is 2.45.